The molecule has 0 fully saturated rings. The van der Waals surface area contributed by atoms with Crippen molar-refractivity contribution in [1.82, 2.24) is 0 Å². The van der Waals surface area contributed by atoms with Crippen molar-refractivity contribution in [3.8, 4) is 12.1 Å². The molecule has 0 bridgehead atoms. The molecule has 0 saturated carbocycles. The second-order valence-corrected chi connectivity index (χ2v) is 3.23. The predicted octanol–water partition coefficient (Wildman–Crippen LogP) is 1.98. The molecule has 1 aromatic rings. The molecule has 0 amide bonds. The molecule has 5 heteroatoms. The average molecular weight is 231 g/mol. The Hall–Kier alpha value is -2.30. The standard InChI is InChI=1S/C11H7ClN4/c12-9-3-1-8(2-4-9)7-16-11(6-14)10(15)5-13/h1-4,7H,15H2/b11-10+,16-7?. The van der Waals surface area contributed by atoms with Crippen LogP contribution in [0.1, 0.15) is 5.56 Å². The SMILES string of the molecule is N#C/C(N)=C(/C#N)N=Cc1ccc(Cl)cc1. The minimum absolute atomic E-state index is 0.0996. The molecule has 78 valence electrons. The van der Waals surface area contributed by atoms with Gasteiger partial charge in [0.25, 0.3) is 0 Å². The van der Waals surface area contributed by atoms with Gasteiger partial charge in [0.1, 0.15) is 17.8 Å². The van der Waals surface area contributed by atoms with Gasteiger partial charge in [0.05, 0.1) is 0 Å². The minimum Gasteiger partial charge on any atom is -0.388 e. The van der Waals surface area contributed by atoms with Crippen LogP contribution in [-0.2, 0) is 0 Å². The van der Waals surface area contributed by atoms with E-state index in [9.17, 15) is 0 Å². The highest BCUT2D eigenvalue weighted by molar-refractivity contribution is 6.30. The van der Waals surface area contributed by atoms with Crippen LogP contribution in [0, 0.1) is 22.7 Å². The molecule has 0 spiro atoms. The summed E-state index contributed by atoms with van der Waals surface area (Å²) in [6.07, 6.45) is 1.44. The Bertz CT molecular complexity index is 514. The van der Waals surface area contributed by atoms with E-state index in [-0.39, 0.29) is 11.4 Å². The first-order valence-corrected chi connectivity index (χ1v) is 4.64. The summed E-state index contributed by atoms with van der Waals surface area (Å²) in [6, 6.07) is 10.3. The number of nitrogens with zero attached hydrogens (tertiary/aromatic N) is 3. The lowest BCUT2D eigenvalue weighted by molar-refractivity contribution is 1.27. The van der Waals surface area contributed by atoms with Crippen molar-refractivity contribution in [2.45, 2.75) is 0 Å². The van der Waals surface area contributed by atoms with Crippen LogP contribution in [0.5, 0.6) is 0 Å². The first kappa shape index (κ1) is 11.8. The van der Waals surface area contributed by atoms with Crippen molar-refractivity contribution in [3.63, 3.8) is 0 Å². The quantitative estimate of drug-likeness (QED) is 0.623. The zero-order chi connectivity index (χ0) is 12.0. The van der Waals surface area contributed by atoms with Crippen LogP contribution >= 0.6 is 11.6 Å². The van der Waals surface area contributed by atoms with E-state index in [1.54, 1.807) is 36.4 Å². The molecule has 0 heterocycles. The maximum atomic E-state index is 8.68. The molecule has 0 radical (unpaired) electrons. The fourth-order valence-corrected chi connectivity index (χ4v) is 1.03. The van der Waals surface area contributed by atoms with Gasteiger partial charge in [0.2, 0.25) is 0 Å². The van der Waals surface area contributed by atoms with Crippen LogP contribution in [-0.4, -0.2) is 6.21 Å². The van der Waals surface area contributed by atoms with Crippen LogP contribution < -0.4 is 5.73 Å². The minimum atomic E-state index is -0.201. The van der Waals surface area contributed by atoms with Crippen LogP contribution in [0.15, 0.2) is 40.7 Å². The zero-order valence-corrected chi connectivity index (χ0v) is 8.94. The molecular weight excluding hydrogens is 224 g/mol. The molecule has 0 aliphatic carbocycles. The summed E-state index contributed by atoms with van der Waals surface area (Å²) in [7, 11) is 0. The van der Waals surface area contributed by atoms with Gasteiger partial charge >= 0.3 is 0 Å². The summed E-state index contributed by atoms with van der Waals surface area (Å²) < 4.78 is 0. The van der Waals surface area contributed by atoms with E-state index in [4.69, 9.17) is 27.9 Å². The molecule has 0 aromatic heterocycles. The number of allylic oxidation sites excluding steroid dienone is 2. The van der Waals surface area contributed by atoms with Crippen molar-refractivity contribution in [2.24, 2.45) is 10.7 Å². The third kappa shape index (κ3) is 3.13. The predicted molar refractivity (Wildman–Crippen MR) is 61.5 cm³/mol. The second-order valence-electron chi connectivity index (χ2n) is 2.80. The van der Waals surface area contributed by atoms with Gasteiger partial charge in [0, 0.05) is 11.2 Å². The maximum absolute atomic E-state index is 8.68. The molecule has 2 N–H and O–H groups in total. The van der Waals surface area contributed by atoms with Gasteiger partial charge in [0.15, 0.2) is 5.70 Å². The van der Waals surface area contributed by atoms with Gasteiger partial charge < -0.3 is 5.73 Å². The lowest BCUT2D eigenvalue weighted by Crippen LogP contribution is -1.97. The number of rotatable bonds is 2. The van der Waals surface area contributed by atoms with Gasteiger partial charge in [-0.1, -0.05) is 23.7 Å². The molecular formula is C11H7ClN4. The smallest absolute Gasteiger partial charge is 0.174 e. The molecule has 0 atom stereocenters. The van der Waals surface area contributed by atoms with Crippen molar-refractivity contribution in [2.75, 3.05) is 0 Å². The molecule has 1 aromatic carbocycles. The molecule has 0 unspecified atom stereocenters. The number of benzene rings is 1. The summed E-state index contributed by atoms with van der Waals surface area (Å²) in [6.45, 7) is 0. The Labute approximate surface area is 97.9 Å². The number of nitrogens with two attached hydrogens (primary N) is 1. The number of nitriles is 2. The number of hydrogen-bond donors (Lipinski definition) is 1. The molecule has 0 saturated heterocycles. The first-order valence-electron chi connectivity index (χ1n) is 4.27. The Kier molecular flexibility index (Phi) is 4.08. The summed E-state index contributed by atoms with van der Waals surface area (Å²) in [5, 5.41) is 17.8. The van der Waals surface area contributed by atoms with E-state index in [0.29, 0.717) is 5.02 Å². The number of hydrogen-bond acceptors (Lipinski definition) is 4. The Morgan fingerprint density at radius 2 is 1.88 bits per heavy atom. The van der Waals surface area contributed by atoms with E-state index in [1.165, 1.54) is 6.21 Å². The van der Waals surface area contributed by atoms with Crippen molar-refractivity contribution in [1.29, 1.82) is 10.5 Å². The van der Waals surface area contributed by atoms with Gasteiger partial charge in [-0.2, -0.15) is 10.5 Å². The van der Waals surface area contributed by atoms with E-state index in [0.717, 1.165) is 5.56 Å². The Balaban J connectivity index is 2.94. The normalized spacial score (nSPS) is 11.7. The summed E-state index contributed by atoms with van der Waals surface area (Å²) in [5.41, 5.74) is 5.74. The first-order chi connectivity index (χ1) is 7.67. The van der Waals surface area contributed by atoms with Crippen LogP contribution in [0.25, 0.3) is 0 Å². The van der Waals surface area contributed by atoms with Crippen LogP contribution in [0.2, 0.25) is 5.02 Å². The molecule has 0 aliphatic heterocycles. The number of halogens is 1. The molecule has 4 nitrogen and oxygen atoms in total. The number of aliphatic imine (C=N–C) groups is 1. The molecule has 1 rings (SSSR count). The maximum Gasteiger partial charge on any atom is 0.174 e. The van der Waals surface area contributed by atoms with Gasteiger partial charge in [-0.25, -0.2) is 4.99 Å². The third-order valence-electron chi connectivity index (χ3n) is 1.69. The summed E-state index contributed by atoms with van der Waals surface area (Å²) >= 11 is 5.71. The highest BCUT2D eigenvalue weighted by atomic mass is 35.5. The summed E-state index contributed by atoms with van der Waals surface area (Å²) in [4.78, 5) is 3.82. The lowest BCUT2D eigenvalue weighted by atomic mass is 10.2. The van der Waals surface area contributed by atoms with E-state index in [1.807, 2.05) is 0 Å². The molecule has 0 aliphatic rings. The van der Waals surface area contributed by atoms with Crippen molar-refractivity contribution < 1.29 is 0 Å². The van der Waals surface area contributed by atoms with Crippen LogP contribution in [0.3, 0.4) is 0 Å². The van der Waals surface area contributed by atoms with Gasteiger partial charge in [-0.05, 0) is 17.7 Å². The highest BCUT2D eigenvalue weighted by Gasteiger charge is 1.98. The zero-order valence-electron chi connectivity index (χ0n) is 8.18. The Morgan fingerprint density at radius 3 is 2.38 bits per heavy atom. The lowest BCUT2D eigenvalue weighted by Gasteiger charge is -1.93. The van der Waals surface area contributed by atoms with Crippen molar-refractivity contribution >= 4 is 17.8 Å². The fraction of sp³-hybridized carbons (Fsp3) is 0. The van der Waals surface area contributed by atoms with Gasteiger partial charge in [-0.15, -0.1) is 0 Å². The third-order valence-corrected chi connectivity index (χ3v) is 1.95. The summed E-state index contributed by atoms with van der Waals surface area (Å²) in [5.74, 6) is 0. The second kappa shape index (κ2) is 5.55. The van der Waals surface area contributed by atoms with E-state index >= 15 is 0 Å². The van der Waals surface area contributed by atoms with E-state index in [2.05, 4.69) is 4.99 Å². The molecule has 16 heavy (non-hydrogen) atoms. The monoisotopic (exact) mass is 230 g/mol. The van der Waals surface area contributed by atoms with Crippen LogP contribution in [0.4, 0.5) is 0 Å². The largest absolute Gasteiger partial charge is 0.388 e. The fourth-order valence-electron chi connectivity index (χ4n) is 0.900. The topological polar surface area (TPSA) is 86.0 Å². The highest BCUT2D eigenvalue weighted by Crippen LogP contribution is 2.08. The van der Waals surface area contributed by atoms with E-state index < -0.39 is 0 Å². The van der Waals surface area contributed by atoms with Crippen molar-refractivity contribution in [3.05, 3.63) is 46.2 Å². The average Bonchev–Trinajstić information content (AvgIpc) is 2.31. The Morgan fingerprint density at radius 1 is 1.25 bits per heavy atom. The van der Waals surface area contributed by atoms with Gasteiger partial charge in [-0.3, -0.25) is 0 Å².